The Labute approximate surface area is 126 Å². The Morgan fingerprint density at radius 2 is 2.19 bits per heavy atom. The SMILES string of the molecule is NCCCOc1cnn(Cc2ccc(Cl)cc2F)c(=O)c1. The van der Waals surface area contributed by atoms with Crippen LogP contribution in [0.1, 0.15) is 12.0 Å². The van der Waals surface area contributed by atoms with Crippen molar-refractivity contribution in [1.29, 1.82) is 0 Å². The molecule has 2 aromatic rings. The van der Waals surface area contributed by atoms with Crippen molar-refractivity contribution in [2.75, 3.05) is 13.2 Å². The molecule has 1 aromatic carbocycles. The summed E-state index contributed by atoms with van der Waals surface area (Å²) in [6.45, 7) is 0.971. The third-order valence-corrected chi connectivity index (χ3v) is 3.03. The zero-order valence-electron chi connectivity index (χ0n) is 11.3. The lowest BCUT2D eigenvalue weighted by molar-refractivity contribution is 0.309. The highest BCUT2D eigenvalue weighted by Gasteiger charge is 2.07. The Bertz CT molecular complexity index is 676. The molecule has 0 bridgehead atoms. The Morgan fingerprint density at radius 3 is 2.86 bits per heavy atom. The molecule has 0 aliphatic carbocycles. The summed E-state index contributed by atoms with van der Waals surface area (Å²) in [5.41, 5.74) is 5.32. The highest BCUT2D eigenvalue weighted by molar-refractivity contribution is 6.30. The van der Waals surface area contributed by atoms with Crippen LogP contribution < -0.4 is 16.0 Å². The van der Waals surface area contributed by atoms with E-state index in [1.165, 1.54) is 24.4 Å². The Morgan fingerprint density at radius 1 is 1.38 bits per heavy atom. The van der Waals surface area contributed by atoms with E-state index in [1.54, 1.807) is 6.07 Å². The van der Waals surface area contributed by atoms with Crippen LogP contribution in [0.4, 0.5) is 4.39 Å². The van der Waals surface area contributed by atoms with E-state index in [0.717, 1.165) is 4.68 Å². The minimum Gasteiger partial charge on any atom is -0.492 e. The van der Waals surface area contributed by atoms with Gasteiger partial charge in [0.25, 0.3) is 5.56 Å². The van der Waals surface area contributed by atoms with Gasteiger partial charge < -0.3 is 10.5 Å². The summed E-state index contributed by atoms with van der Waals surface area (Å²) in [5.74, 6) is -0.0965. The second-order valence-corrected chi connectivity index (χ2v) is 4.85. The number of hydrogen-bond acceptors (Lipinski definition) is 4. The molecule has 0 fully saturated rings. The molecule has 0 saturated heterocycles. The van der Waals surface area contributed by atoms with Crippen molar-refractivity contribution in [3.8, 4) is 5.75 Å². The number of rotatable bonds is 6. The lowest BCUT2D eigenvalue weighted by atomic mass is 10.2. The molecule has 0 spiro atoms. The number of hydrogen-bond donors (Lipinski definition) is 1. The number of ether oxygens (including phenoxy) is 1. The molecule has 0 radical (unpaired) electrons. The monoisotopic (exact) mass is 311 g/mol. The quantitative estimate of drug-likeness (QED) is 0.826. The number of aromatic nitrogens is 2. The third kappa shape index (κ3) is 4.27. The first-order valence-corrected chi connectivity index (χ1v) is 6.82. The third-order valence-electron chi connectivity index (χ3n) is 2.80. The zero-order valence-corrected chi connectivity index (χ0v) is 12.0. The van der Waals surface area contributed by atoms with Gasteiger partial charge in [-0.15, -0.1) is 0 Å². The fourth-order valence-corrected chi connectivity index (χ4v) is 1.86. The molecule has 1 aromatic heterocycles. The van der Waals surface area contributed by atoms with Crippen molar-refractivity contribution < 1.29 is 9.13 Å². The van der Waals surface area contributed by atoms with Crippen LogP contribution in [-0.4, -0.2) is 22.9 Å². The average Bonchev–Trinajstić information content (AvgIpc) is 2.44. The molecule has 0 aliphatic rings. The Balaban J connectivity index is 2.12. The van der Waals surface area contributed by atoms with Gasteiger partial charge in [-0.2, -0.15) is 5.10 Å². The van der Waals surface area contributed by atoms with Crippen molar-refractivity contribution in [2.24, 2.45) is 5.73 Å². The topological polar surface area (TPSA) is 70.1 Å². The van der Waals surface area contributed by atoms with Crippen molar-refractivity contribution >= 4 is 11.6 Å². The van der Waals surface area contributed by atoms with Gasteiger partial charge in [-0.05, 0) is 25.1 Å². The first kappa shape index (κ1) is 15.5. The zero-order chi connectivity index (χ0) is 15.2. The summed E-state index contributed by atoms with van der Waals surface area (Å²) in [5, 5.41) is 4.27. The predicted molar refractivity (Wildman–Crippen MR) is 78.2 cm³/mol. The van der Waals surface area contributed by atoms with Crippen LogP contribution in [-0.2, 0) is 6.54 Å². The maximum Gasteiger partial charge on any atom is 0.270 e. The molecule has 0 saturated carbocycles. The standard InChI is InChI=1S/C14H15ClFN3O2/c15-11-3-2-10(13(16)6-11)9-19-14(20)7-12(8-18-19)21-5-1-4-17/h2-3,6-8H,1,4-5,9,17H2. The summed E-state index contributed by atoms with van der Waals surface area (Å²) in [4.78, 5) is 11.9. The number of halogens is 2. The van der Waals surface area contributed by atoms with Crippen molar-refractivity contribution in [3.63, 3.8) is 0 Å². The van der Waals surface area contributed by atoms with E-state index in [1.807, 2.05) is 0 Å². The molecule has 2 rings (SSSR count). The van der Waals surface area contributed by atoms with Gasteiger partial charge in [0, 0.05) is 16.7 Å². The van der Waals surface area contributed by atoms with E-state index in [9.17, 15) is 9.18 Å². The van der Waals surface area contributed by atoms with Crippen molar-refractivity contribution in [1.82, 2.24) is 9.78 Å². The molecule has 112 valence electrons. The fourth-order valence-electron chi connectivity index (χ4n) is 1.70. The predicted octanol–water partition coefficient (Wildman–Crippen LogP) is 1.81. The molecule has 0 amide bonds. The molecular weight excluding hydrogens is 297 g/mol. The van der Waals surface area contributed by atoms with Gasteiger partial charge in [-0.3, -0.25) is 4.79 Å². The number of nitrogens with zero attached hydrogens (tertiary/aromatic N) is 2. The first-order valence-electron chi connectivity index (χ1n) is 6.44. The maximum absolute atomic E-state index is 13.7. The molecule has 7 heteroatoms. The maximum atomic E-state index is 13.7. The minimum atomic E-state index is -0.473. The highest BCUT2D eigenvalue weighted by Crippen LogP contribution is 2.15. The Kier molecular flexibility index (Phi) is 5.30. The summed E-state index contributed by atoms with van der Waals surface area (Å²) in [7, 11) is 0. The smallest absolute Gasteiger partial charge is 0.270 e. The van der Waals surface area contributed by atoms with Crippen LogP contribution in [0, 0.1) is 5.82 Å². The van der Waals surface area contributed by atoms with Crippen molar-refractivity contribution in [2.45, 2.75) is 13.0 Å². The van der Waals surface area contributed by atoms with Gasteiger partial charge >= 0.3 is 0 Å². The molecule has 2 N–H and O–H groups in total. The van der Waals surface area contributed by atoms with Gasteiger partial charge in [0.15, 0.2) is 0 Å². The molecule has 21 heavy (non-hydrogen) atoms. The molecule has 0 atom stereocenters. The van der Waals surface area contributed by atoms with E-state index in [2.05, 4.69) is 5.10 Å². The molecule has 1 heterocycles. The van der Waals surface area contributed by atoms with E-state index >= 15 is 0 Å². The van der Waals surface area contributed by atoms with Crippen LogP contribution in [0.25, 0.3) is 0 Å². The lowest BCUT2D eigenvalue weighted by Crippen LogP contribution is -2.23. The van der Waals surface area contributed by atoms with Gasteiger partial charge in [0.05, 0.1) is 19.3 Å². The summed E-state index contributed by atoms with van der Waals surface area (Å²) < 4.78 is 20.2. The fraction of sp³-hybridized carbons (Fsp3) is 0.286. The molecular formula is C14H15ClFN3O2. The second kappa shape index (κ2) is 7.19. The molecule has 0 unspecified atom stereocenters. The normalized spacial score (nSPS) is 10.6. The average molecular weight is 312 g/mol. The van der Waals surface area contributed by atoms with Crippen LogP contribution in [0.15, 0.2) is 35.3 Å². The van der Waals surface area contributed by atoms with E-state index in [-0.39, 0.29) is 12.1 Å². The molecule has 0 aliphatic heterocycles. The highest BCUT2D eigenvalue weighted by atomic mass is 35.5. The van der Waals surface area contributed by atoms with E-state index in [4.69, 9.17) is 22.1 Å². The van der Waals surface area contributed by atoms with Gasteiger partial charge in [-0.25, -0.2) is 9.07 Å². The number of benzene rings is 1. The van der Waals surface area contributed by atoms with Crippen LogP contribution in [0.5, 0.6) is 5.75 Å². The minimum absolute atomic E-state index is 0.0327. The lowest BCUT2D eigenvalue weighted by Gasteiger charge is -2.08. The van der Waals surface area contributed by atoms with Crippen LogP contribution in [0.3, 0.4) is 0 Å². The van der Waals surface area contributed by atoms with Crippen LogP contribution >= 0.6 is 11.6 Å². The Hall–Kier alpha value is -1.92. The van der Waals surface area contributed by atoms with Gasteiger partial charge in [0.2, 0.25) is 0 Å². The largest absolute Gasteiger partial charge is 0.492 e. The van der Waals surface area contributed by atoms with E-state index < -0.39 is 5.82 Å². The van der Waals surface area contributed by atoms with Crippen LogP contribution in [0.2, 0.25) is 5.02 Å². The number of nitrogens with two attached hydrogens (primary N) is 1. The molecule has 5 nitrogen and oxygen atoms in total. The van der Waals surface area contributed by atoms with Gasteiger partial charge in [-0.1, -0.05) is 17.7 Å². The van der Waals surface area contributed by atoms with E-state index in [0.29, 0.717) is 35.9 Å². The summed E-state index contributed by atoms with van der Waals surface area (Å²) >= 11 is 5.68. The summed E-state index contributed by atoms with van der Waals surface area (Å²) in [6, 6.07) is 5.61. The van der Waals surface area contributed by atoms with Gasteiger partial charge in [0.1, 0.15) is 11.6 Å². The second-order valence-electron chi connectivity index (χ2n) is 4.41. The van der Waals surface area contributed by atoms with Crippen molar-refractivity contribution in [3.05, 3.63) is 57.2 Å². The first-order chi connectivity index (χ1) is 10.1. The summed E-state index contributed by atoms with van der Waals surface area (Å²) in [6.07, 6.45) is 2.12.